The molecule has 0 radical (unpaired) electrons. The van der Waals surface area contributed by atoms with Crippen LogP contribution in [0.2, 0.25) is 0 Å². The van der Waals surface area contributed by atoms with Crippen molar-refractivity contribution in [3.8, 4) is 0 Å². The molecule has 2 fully saturated rings. The van der Waals surface area contributed by atoms with Crippen molar-refractivity contribution in [3.63, 3.8) is 0 Å². The lowest BCUT2D eigenvalue weighted by Crippen LogP contribution is -2.55. The molecule has 4 amide bonds. The van der Waals surface area contributed by atoms with Crippen molar-refractivity contribution >= 4 is 17.8 Å². The number of nitrogens with zero attached hydrogens (tertiary/aromatic N) is 1. The van der Waals surface area contributed by atoms with Gasteiger partial charge in [-0.05, 0) is 25.7 Å². The van der Waals surface area contributed by atoms with E-state index in [-0.39, 0.29) is 18.4 Å². The molecule has 130 valence electrons. The van der Waals surface area contributed by atoms with Crippen LogP contribution in [-0.4, -0.2) is 46.9 Å². The Bertz CT molecular complexity index is 473. The molecule has 2 rings (SSSR count). The molecule has 1 spiro atoms. The van der Waals surface area contributed by atoms with E-state index in [1.54, 1.807) is 0 Å². The first-order chi connectivity index (χ1) is 10.9. The van der Waals surface area contributed by atoms with Gasteiger partial charge >= 0.3 is 6.03 Å². The Morgan fingerprint density at radius 2 is 1.87 bits per heavy atom. The Labute approximate surface area is 137 Å². The fraction of sp³-hybridized carbons (Fsp3) is 0.812. The van der Waals surface area contributed by atoms with Gasteiger partial charge in [0.1, 0.15) is 12.1 Å². The minimum atomic E-state index is -0.782. The molecule has 0 unspecified atom stereocenters. The molecule has 4 N–H and O–H groups in total. The van der Waals surface area contributed by atoms with E-state index >= 15 is 0 Å². The van der Waals surface area contributed by atoms with Crippen LogP contribution < -0.4 is 16.4 Å². The molecule has 2 aliphatic rings. The summed E-state index contributed by atoms with van der Waals surface area (Å²) in [6.45, 7) is 4.01. The summed E-state index contributed by atoms with van der Waals surface area (Å²) in [7, 11) is 0. The average Bonchev–Trinajstić information content (AvgIpc) is 2.78. The summed E-state index contributed by atoms with van der Waals surface area (Å²) in [5, 5.41) is 5.71. The van der Waals surface area contributed by atoms with E-state index in [4.69, 9.17) is 5.73 Å². The largest absolute Gasteiger partial charge is 0.348 e. The molecule has 1 aliphatic carbocycles. The van der Waals surface area contributed by atoms with Crippen LogP contribution in [0.3, 0.4) is 0 Å². The summed E-state index contributed by atoms with van der Waals surface area (Å²) in [6, 6.07) is -0.460. The first-order valence-electron chi connectivity index (χ1n) is 8.57. The molecular formula is C16H28N4O3. The highest BCUT2D eigenvalue weighted by Crippen LogP contribution is 2.33. The van der Waals surface area contributed by atoms with Crippen LogP contribution in [-0.2, 0) is 9.59 Å². The SMILES string of the molecule is CCC(CC)(CN)NC(=O)CN1C(=O)NC2(CCCCC2)C1=O. The van der Waals surface area contributed by atoms with Gasteiger partial charge in [-0.1, -0.05) is 33.1 Å². The van der Waals surface area contributed by atoms with Crippen LogP contribution in [0.25, 0.3) is 0 Å². The Morgan fingerprint density at radius 3 is 2.39 bits per heavy atom. The Hall–Kier alpha value is -1.63. The third-order valence-corrected chi connectivity index (χ3v) is 5.40. The van der Waals surface area contributed by atoms with Crippen molar-refractivity contribution in [2.24, 2.45) is 5.73 Å². The number of imide groups is 1. The highest BCUT2D eigenvalue weighted by atomic mass is 16.2. The zero-order valence-corrected chi connectivity index (χ0v) is 14.1. The Kier molecular flexibility index (Phi) is 5.29. The van der Waals surface area contributed by atoms with Crippen LogP contribution in [0.4, 0.5) is 4.79 Å². The third-order valence-electron chi connectivity index (χ3n) is 5.40. The molecule has 23 heavy (non-hydrogen) atoms. The molecular weight excluding hydrogens is 296 g/mol. The number of nitrogens with two attached hydrogens (primary N) is 1. The molecule has 0 atom stereocenters. The number of amides is 4. The maximum absolute atomic E-state index is 12.6. The van der Waals surface area contributed by atoms with E-state index in [0.717, 1.165) is 24.2 Å². The maximum Gasteiger partial charge on any atom is 0.325 e. The number of urea groups is 1. The predicted octanol–water partition coefficient (Wildman–Crippen LogP) is 0.875. The summed E-state index contributed by atoms with van der Waals surface area (Å²) in [4.78, 5) is 38.2. The fourth-order valence-corrected chi connectivity index (χ4v) is 3.56. The molecule has 1 heterocycles. The molecule has 1 saturated heterocycles. The number of hydrogen-bond acceptors (Lipinski definition) is 4. The summed E-state index contributed by atoms with van der Waals surface area (Å²) >= 11 is 0. The molecule has 0 aromatic carbocycles. The smallest absolute Gasteiger partial charge is 0.325 e. The van der Waals surface area contributed by atoms with E-state index < -0.39 is 17.1 Å². The highest BCUT2D eigenvalue weighted by molar-refractivity contribution is 6.09. The molecule has 0 bridgehead atoms. The van der Waals surface area contributed by atoms with Gasteiger partial charge in [-0.15, -0.1) is 0 Å². The molecule has 0 aromatic heterocycles. The zero-order chi connectivity index (χ0) is 17.1. The van der Waals surface area contributed by atoms with E-state index in [1.807, 2.05) is 13.8 Å². The van der Waals surface area contributed by atoms with Gasteiger partial charge in [0.25, 0.3) is 5.91 Å². The molecule has 7 nitrogen and oxygen atoms in total. The van der Waals surface area contributed by atoms with Crippen LogP contribution in [0.15, 0.2) is 0 Å². The topological polar surface area (TPSA) is 105 Å². The lowest BCUT2D eigenvalue weighted by atomic mass is 9.82. The van der Waals surface area contributed by atoms with E-state index in [0.29, 0.717) is 32.2 Å². The third kappa shape index (κ3) is 3.34. The quantitative estimate of drug-likeness (QED) is 0.631. The lowest BCUT2D eigenvalue weighted by molar-refractivity contribution is -0.136. The highest BCUT2D eigenvalue weighted by Gasteiger charge is 2.51. The van der Waals surface area contributed by atoms with Gasteiger partial charge in [-0.25, -0.2) is 4.79 Å². The molecule has 1 aliphatic heterocycles. The second-order valence-corrected chi connectivity index (χ2v) is 6.70. The summed E-state index contributed by atoms with van der Waals surface area (Å²) < 4.78 is 0. The van der Waals surface area contributed by atoms with Gasteiger partial charge in [0.2, 0.25) is 5.91 Å². The standard InChI is InChI=1S/C16H28N4O3/c1-3-15(4-2,11-17)18-12(21)10-20-13(22)16(19-14(20)23)8-6-5-7-9-16/h3-11,17H2,1-2H3,(H,18,21)(H,19,23). The Morgan fingerprint density at radius 1 is 1.26 bits per heavy atom. The number of carbonyl (C=O) groups excluding carboxylic acids is 3. The van der Waals surface area contributed by atoms with Crippen molar-refractivity contribution < 1.29 is 14.4 Å². The van der Waals surface area contributed by atoms with Gasteiger partial charge in [0, 0.05) is 6.54 Å². The van der Waals surface area contributed by atoms with Crippen molar-refractivity contribution in [2.75, 3.05) is 13.1 Å². The minimum Gasteiger partial charge on any atom is -0.348 e. The summed E-state index contributed by atoms with van der Waals surface area (Å²) in [6.07, 6.45) is 5.66. The number of rotatable bonds is 6. The monoisotopic (exact) mass is 324 g/mol. The normalized spacial score (nSPS) is 20.7. The predicted molar refractivity (Wildman–Crippen MR) is 86.6 cm³/mol. The first-order valence-corrected chi connectivity index (χ1v) is 8.57. The number of nitrogens with one attached hydrogen (secondary N) is 2. The van der Waals surface area contributed by atoms with Crippen LogP contribution in [0.1, 0.15) is 58.8 Å². The minimum absolute atomic E-state index is 0.242. The zero-order valence-electron chi connectivity index (χ0n) is 14.1. The van der Waals surface area contributed by atoms with Crippen molar-refractivity contribution in [3.05, 3.63) is 0 Å². The molecule has 0 aromatic rings. The van der Waals surface area contributed by atoms with Gasteiger partial charge in [-0.2, -0.15) is 0 Å². The van der Waals surface area contributed by atoms with E-state index in [1.165, 1.54) is 0 Å². The van der Waals surface area contributed by atoms with Gasteiger partial charge in [0.05, 0.1) is 5.54 Å². The van der Waals surface area contributed by atoms with Gasteiger partial charge < -0.3 is 16.4 Å². The van der Waals surface area contributed by atoms with Gasteiger partial charge in [-0.3, -0.25) is 14.5 Å². The summed E-state index contributed by atoms with van der Waals surface area (Å²) in [5.74, 6) is -0.598. The van der Waals surface area contributed by atoms with Crippen LogP contribution >= 0.6 is 0 Å². The molecule has 7 heteroatoms. The fourth-order valence-electron chi connectivity index (χ4n) is 3.56. The molecule has 1 saturated carbocycles. The van der Waals surface area contributed by atoms with Crippen molar-refractivity contribution in [2.45, 2.75) is 69.9 Å². The average molecular weight is 324 g/mol. The van der Waals surface area contributed by atoms with E-state index in [9.17, 15) is 14.4 Å². The lowest BCUT2D eigenvalue weighted by Gasteiger charge is -2.32. The van der Waals surface area contributed by atoms with Crippen molar-refractivity contribution in [1.82, 2.24) is 15.5 Å². The van der Waals surface area contributed by atoms with Gasteiger partial charge in [0.15, 0.2) is 0 Å². The first kappa shape index (κ1) is 17.7. The maximum atomic E-state index is 12.6. The Balaban J connectivity index is 2.03. The number of carbonyl (C=O) groups is 3. The van der Waals surface area contributed by atoms with E-state index in [2.05, 4.69) is 10.6 Å². The second-order valence-electron chi connectivity index (χ2n) is 6.70. The van der Waals surface area contributed by atoms with Crippen LogP contribution in [0, 0.1) is 0 Å². The van der Waals surface area contributed by atoms with Crippen molar-refractivity contribution in [1.29, 1.82) is 0 Å². The van der Waals surface area contributed by atoms with Crippen LogP contribution in [0.5, 0.6) is 0 Å². The summed E-state index contributed by atoms with van der Waals surface area (Å²) in [5.41, 5.74) is 4.52. The number of hydrogen-bond donors (Lipinski definition) is 3. The second kappa shape index (κ2) is 6.86.